The number of rotatable bonds is 9. The third-order valence-corrected chi connectivity index (χ3v) is 3.92. The van der Waals surface area contributed by atoms with Crippen molar-refractivity contribution in [1.29, 1.82) is 0 Å². The van der Waals surface area contributed by atoms with E-state index in [4.69, 9.17) is 0 Å². The van der Waals surface area contributed by atoms with Gasteiger partial charge in [0.15, 0.2) is 0 Å². The summed E-state index contributed by atoms with van der Waals surface area (Å²) in [5.41, 5.74) is 0. The minimum absolute atomic E-state index is 0.612. The van der Waals surface area contributed by atoms with Crippen LogP contribution in [0.3, 0.4) is 0 Å². The number of aromatic nitrogens is 1. The number of hydrogen-bond acceptors (Lipinski definition) is 3. The molecule has 1 aromatic rings. The molecule has 0 saturated heterocycles. The first-order chi connectivity index (χ1) is 8.22. The largest absolute Gasteiger partial charge is 0.308 e. The molecule has 2 nitrogen and oxygen atoms in total. The van der Waals surface area contributed by atoms with Gasteiger partial charge >= 0.3 is 0 Å². The van der Waals surface area contributed by atoms with Crippen LogP contribution >= 0.6 is 11.3 Å². The molecule has 3 heteroatoms. The lowest BCUT2D eigenvalue weighted by Gasteiger charge is -2.12. The van der Waals surface area contributed by atoms with E-state index < -0.39 is 0 Å². The van der Waals surface area contributed by atoms with Gasteiger partial charge in [0.1, 0.15) is 5.01 Å². The van der Waals surface area contributed by atoms with E-state index in [0.29, 0.717) is 6.04 Å². The van der Waals surface area contributed by atoms with E-state index in [-0.39, 0.29) is 0 Å². The van der Waals surface area contributed by atoms with Crippen molar-refractivity contribution in [2.24, 2.45) is 0 Å². The van der Waals surface area contributed by atoms with Gasteiger partial charge in [-0.3, -0.25) is 0 Å². The van der Waals surface area contributed by atoms with Gasteiger partial charge in [0.05, 0.1) is 0 Å². The summed E-state index contributed by atoms with van der Waals surface area (Å²) in [5, 5.41) is 4.76. The predicted octanol–water partition coefficient (Wildman–Crippen LogP) is 4.29. The standard InChI is InChI=1S/C14H26N2S/c1-4-5-6-7-8-9-12(2)15-11-14-16-10-13(3)17-14/h10,12,15H,4-9,11H2,1-3H3. The molecule has 0 bridgehead atoms. The second-order valence-electron chi connectivity index (χ2n) is 4.85. The van der Waals surface area contributed by atoms with Crippen LogP contribution < -0.4 is 5.32 Å². The van der Waals surface area contributed by atoms with Crippen LogP contribution in [0.5, 0.6) is 0 Å². The predicted molar refractivity (Wildman–Crippen MR) is 76.5 cm³/mol. The summed E-state index contributed by atoms with van der Waals surface area (Å²) < 4.78 is 0. The maximum Gasteiger partial charge on any atom is 0.107 e. The molecule has 0 spiro atoms. The van der Waals surface area contributed by atoms with E-state index in [1.165, 1.54) is 48.4 Å². The van der Waals surface area contributed by atoms with Gasteiger partial charge in [0.2, 0.25) is 0 Å². The van der Waals surface area contributed by atoms with Gasteiger partial charge in [-0.15, -0.1) is 11.3 Å². The highest BCUT2D eigenvalue weighted by molar-refractivity contribution is 7.11. The van der Waals surface area contributed by atoms with Crippen molar-refractivity contribution < 1.29 is 0 Å². The summed E-state index contributed by atoms with van der Waals surface area (Å²) in [6.07, 6.45) is 10.1. The Kier molecular flexibility index (Phi) is 7.45. The molecule has 0 fully saturated rings. The number of unbranched alkanes of at least 4 members (excludes halogenated alkanes) is 4. The highest BCUT2D eigenvalue weighted by Crippen LogP contribution is 2.12. The van der Waals surface area contributed by atoms with Crippen LogP contribution in [0.25, 0.3) is 0 Å². The molecule has 1 atom stereocenters. The fourth-order valence-electron chi connectivity index (χ4n) is 1.90. The highest BCUT2D eigenvalue weighted by atomic mass is 32.1. The topological polar surface area (TPSA) is 24.9 Å². The van der Waals surface area contributed by atoms with Crippen LogP contribution in [0.4, 0.5) is 0 Å². The van der Waals surface area contributed by atoms with Gasteiger partial charge in [-0.05, 0) is 20.3 Å². The minimum atomic E-state index is 0.612. The summed E-state index contributed by atoms with van der Waals surface area (Å²) in [6, 6.07) is 0.612. The molecule has 0 aliphatic carbocycles. The number of thiazole rings is 1. The zero-order valence-corrected chi connectivity index (χ0v) is 12.3. The molecular formula is C14H26N2S. The zero-order chi connectivity index (χ0) is 12.5. The Morgan fingerprint density at radius 3 is 2.71 bits per heavy atom. The van der Waals surface area contributed by atoms with E-state index >= 15 is 0 Å². The van der Waals surface area contributed by atoms with E-state index in [2.05, 4.69) is 31.1 Å². The number of nitrogens with one attached hydrogen (secondary N) is 1. The number of nitrogens with zero attached hydrogens (tertiary/aromatic N) is 1. The van der Waals surface area contributed by atoms with Crippen molar-refractivity contribution in [1.82, 2.24) is 10.3 Å². The maximum absolute atomic E-state index is 4.36. The van der Waals surface area contributed by atoms with E-state index in [0.717, 1.165) is 6.54 Å². The van der Waals surface area contributed by atoms with Crippen molar-refractivity contribution in [2.45, 2.75) is 71.9 Å². The fraction of sp³-hybridized carbons (Fsp3) is 0.786. The summed E-state index contributed by atoms with van der Waals surface area (Å²) in [5.74, 6) is 0. The lowest BCUT2D eigenvalue weighted by molar-refractivity contribution is 0.479. The third kappa shape index (κ3) is 6.79. The first kappa shape index (κ1) is 14.7. The van der Waals surface area contributed by atoms with Gasteiger partial charge in [0, 0.05) is 23.7 Å². The monoisotopic (exact) mass is 254 g/mol. The Morgan fingerprint density at radius 1 is 1.29 bits per heavy atom. The lowest BCUT2D eigenvalue weighted by atomic mass is 10.1. The Bertz CT molecular complexity index is 296. The van der Waals surface area contributed by atoms with Gasteiger partial charge in [0.25, 0.3) is 0 Å². The first-order valence-electron chi connectivity index (χ1n) is 6.87. The second-order valence-corrected chi connectivity index (χ2v) is 6.17. The molecule has 0 amide bonds. The van der Waals surface area contributed by atoms with Crippen molar-refractivity contribution in [3.63, 3.8) is 0 Å². The normalized spacial score (nSPS) is 12.9. The second kappa shape index (κ2) is 8.65. The smallest absolute Gasteiger partial charge is 0.107 e. The molecule has 0 radical (unpaired) electrons. The fourth-order valence-corrected chi connectivity index (χ4v) is 2.64. The van der Waals surface area contributed by atoms with Crippen molar-refractivity contribution in [3.8, 4) is 0 Å². The lowest BCUT2D eigenvalue weighted by Crippen LogP contribution is -2.25. The third-order valence-electron chi connectivity index (χ3n) is 3.01. The molecule has 0 saturated carbocycles. The molecule has 1 N–H and O–H groups in total. The molecule has 1 rings (SSSR count). The molecule has 1 unspecified atom stereocenters. The van der Waals surface area contributed by atoms with E-state index in [1.54, 1.807) is 11.3 Å². The van der Waals surface area contributed by atoms with Crippen LogP contribution in [-0.4, -0.2) is 11.0 Å². The Morgan fingerprint density at radius 2 is 2.06 bits per heavy atom. The van der Waals surface area contributed by atoms with Gasteiger partial charge in [-0.25, -0.2) is 4.98 Å². The Hall–Kier alpha value is -0.410. The van der Waals surface area contributed by atoms with Gasteiger partial charge in [-0.1, -0.05) is 39.0 Å². The molecule has 0 aliphatic heterocycles. The number of hydrogen-bond donors (Lipinski definition) is 1. The van der Waals surface area contributed by atoms with E-state index in [1.807, 2.05) is 6.20 Å². The summed E-state index contributed by atoms with van der Waals surface area (Å²) in [7, 11) is 0. The van der Waals surface area contributed by atoms with Gasteiger partial charge < -0.3 is 5.32 Å². The molecule has 1 aromatic heterocycles. The summed E-state index contributed by atoms with van der Waals surface area (Å²) in [6.45, 7) is 7.58. The zero-order valence-electron chi connectivity index (χ0n) is 11.5. The van der Waals surface area contributed by atoms with Gasteiger partial charge in [-0.2, -0.15) is 0 Å². The molecule has 0 aromatic carbocycles. The first-order valence-corrected chi connectivity index (χ1v) is 7.68. The molecule has 98 valence electrons. The quantitative estimate of drug-likeness (QED) is 0.665. The molecular weight excluding hydrogens is 228 g/mol. The van der Waals surface area contributed by atoms with E-state index in [9.17, 15) is 0 Å². The van der Waals surface area contributed by atoms with Crippen LogP contribution in [0.15, 0.2) is 6.20 Å². The molecule has 17 heavy (non-hydrogen) atoms. The maximum atomic E-state index is 4.36. The summed E-state index contributed by atoms with van der Waals surface area (Å²) >= 11 is 1.79. The van der Waals surface area contributed by atoms with Crippen LogP contribution in [-0.2, 0) is 6.54 Å². The molecule has 1 heterocycles. The summed E-state index contributed by atoms with van der Waals surface area (Å²) in [4.78, 5) is 5.66. The average Bonchev–Trinajstić information content (AvgIpc) is 2.72. The minimum Gasteiger partial charge on any atom is -0.308 e. The van der Waals surface area contributed by atoms with Crippen LogP contribution in [0.2, 0.25) is 0 Å². The van der Waals surface area contributed by atoms with Crippen molar-refractivity contribution in [2.75, 3.05) is 0 Å². The van der Waals surface area contributed by atoms with Crippen LogP contribution in [0.1, 0.15) is 62.3 Å². The number of aryl methyl sites for hydroxylation is 1. The highest BCUT2D eigenvalue weighted by Gasteiger charge is 2.03. The average molecular weight is 254 g/mol. The SMILES string of the molecule is CCCCCCCC(C)NCc1ncc(C)s1. The molecule has 0 aliphatic rings. The Balaban J connectivity index is 2.03. The Labute approximate surface area is 110 Å². The van der Waals surface area contributed by atoms with Crippen molar-refractivity contribution in [3.05, 3.63) is 16.1 Å². The van der Waals surface area contributed by atoms with Crippen LogP contribution in [0, 0.1) is 6.92 Å². The van der Waals surface area contributed by atoms with Crippen molar-refractivity contribution >= 4 is 11.3 Å².